The highest BCUT2D eigenvalue weighted by molar-refractivity contribution is 3.54. The average molecular weight is 82.2 g/mol. The first-order chi connectivity index (χ1) is 3.00. The van der Waals surface area contributed by atoms with Crippen molar-refractivity contribution in [3.05, 3.63) is 0 Å². The van der Waals surface area contributed by atoms with Gasteiger partial charge in [-0.05, 0) is 7.05 Å². The van der Waals surface area contributed by atoms with Crippen LogP contribution in [0.1, 0.15) is 16.8 Å². The second-order valence-corrected chi connectivity index (χ2v) is 0. The molecule has 0 aromatic carbocycles. The normalized spacial score (nSPS) is 4.00. The minimum Gasteiger partial charge on any atom is -0.344 e. The van der Waals surface area contributed by atoms with Crippen LogP contribution in [0, 0.1) is 0 Å². The van der Waals surface area contributed by atoms with E-state index in [0.29, 0.717) is 0 Å². The predicted molar refractivity (Wildman–Crippen MR) is 28.6 cm³/mol. The molecule has 0 spiro atoms. The molecule has 0 atom stereocenters. The summed E-state index contributed by atoms with van der Waals surface area (Å²) in [5, 5.41) is 0. The van der Waals surface area contributed by atoms with Crippen LogP contribution in [0.3, 0.4) is 0 Å². The van der Waals surface area contributed by atoms with Crippen molar-refractivity contribution in [2.45, 2.75) is 13.8 Å². The van der Waals surface area contributed by atoms with Crippen LogP contribution in [0.25, 0.3) is 0 Å². The summed E-state index contributed by atoms with van der Waals surface area (Å²) in [5.41, 5.74) is 4.50. The number of hydrogen-bond donors (Lipinski definition) is 2. The van der Waals surface area contributed by atoms with Crippen LogP contribution < -0.4 is 11.9 Å². The monoisotopic (exact) mass is 82.1 g/mol. The summed E-state index contributed by atoms with van der Waals surface area (Å²) in [6, 6.07) is 0. The van der Waals surface area contributed by atoms with Gasteiger partial charge in [0.1, 0.15) is 0 Å². The van der Waals surface area contributed by atoms with E-state index in [0.717, 1.165) is 0 Å². The van der Waals surface area contributed by atoms with Crippen LogP contribution in [0.2, 0.25) is 0 Å². The lowest BCUT2D eigenvalue weighted by Crippen LogP contribution is -1.69. The van der Waals surface area contributed by atoms with Crippen LogP contribution in [0.4, 0.5) is 0 Å². The maximum absolute atomic E-state index is 5.00. The fourth-order valence-corrected chi connectivity index (χ4v) is 0. The molecule has 0 aromatic heterocycles. The van der Waals surface area contributed by atoms with Crippen molar-refractivity contribution in [3.63, 3.8) is 0 Å². The van der Waals surface area contributed by atoms with E-state index in [1.807, 2.05) is 13.8 Å². The Morgan fingerprint density at radius 3 is 1.40 bits per heavy atom. The Balaban J connectivity index is -0.00000000900. The lowest BCUT2D eigenvalue weighted by molar-refractivity contribution is 1.48. The van der Waals surface area contributed by atoms with Crippen LogP contribution in [0.15, 0.2) is 0 Å². The molecule has 0 saturated heterocycles. The zero-order chi connectivity index (χ0) is 6.00. The maximum atomic E-state index is 5.00. The Bertz CT molecular complexity index is 10.9. The Labute approximate surface area is 37.0 Å². The highest BCUT2D eigenvalue weighted by Gasteiger charge is 0.932. The van der Waals surface area contributed by atoms with Crippen LogP contribution in [-0.4, -0.2) is 7.05 Å². The molecular formula is C3H16N2. The van der Waals surface area contributed by atoms with E-state index in [2.05, 4.69) is 5.73 Å². The summed E-state index contributed by atoms with van der Waals surface area (Å²) in [5.74, 6) is 0. The van der Waals surface area contributed by atoms with Gasteiger partial charge in [-0.1, -0.05) is 13.8 Å². The molecule has 5 N–H and O–H groups in total. The summed E-state index contributed by atoms with van der Waals surface area (Å²) in [7, 11) is 1.50. The van der Waals surface area contributed by atoms with E-state index in [-0.39, 0.29) is 6.15 Å². The third-order valence-electron chi connectivity index (χ3n) is 0. The van der Waals surface area contributed by atoms with Gasteiger partial charge < -0.3 is 11.9 Å². The van der Waals surface area contributed by atoms with Gasteiger partial charge in [-0.25, -0.2) is 0 Å². The van der Waals surface area contributed by atoms with E-state index in [4.69, 9.17) is 2.97 Å². The number of rotatable bonds is 0. The number of hydrogen-bond acceptors (Lipinski definition) is 2. The van der Waals surface area contributed by atoms with Gasteiger partial charge in [-0.2, -0.15) is 0 Å². The van der Waals surface area contributed by atoms with Crippen molar-refractivity contribution in [1.82, 2.24) is 6.15 Å². The molecule has 0 fully saturated rings. The van der Waals surface area contributed by atoms with E-state index in [1.54, 1.807) is 0 Å². The second-order valence-electron chi connectivity index (χ2n) is 0. The molecule has 0 unspecified atom stereocenters. The summed E-state index contributed by atoms with van der Waals surface area (Å²) in [4.78, 5) is 0. The number of nitrogens with two attached hydrogens (primary N) is 1. The van der Waals surface area contributed by atoms with Gasteiger partial charge in [0.15, 0.2) is 0 Å². The van der Waals surface area contributed by atoms with E-state index < -0.39 is 0 Å². The van der Waals surface area contributed by atoms with Crippen LogP contribution in [-0.2, 0) is 0 Å². The summed E-state index contributed by atoms with van der Waals surface area (Å²) < 4.78 is 10.0. The molecule has 0 rings (SSSR count). The van der Waals surface area contributed by atoms with Crippen molar-refractivity contribution in [1.29, 1.82) is 0 Å². The van der Waals surface area contributed by atoms with Crippen molar-refractivity contribution < 1.29 is 2.97 Å². The Kier molecular flexibility index (Phi) is 9260. The van der Waals surface area contributed by atoms with Gasteiger partial charge in [0.2, 0.25) is 0 Å². The fraction of sp³-hybridized carbons (Fsp3) is 1.00. The molecule has 2 nitrogen and oxygen atoms in total. The van der Waals surface area contributed by atoms with Crippen LogP contribution in [0.5, 0.6) is 0 Å². The Morgan fingerprint density at radius 2 is 1.40 bits per heavy atom. The third kappa shape index (κ3) is 2260. The molecule has 0 aliphatic carbocycles. The summed E-state index contributed by atoms with van der Waals surface area (Å²) in [6.45, 7) is 4.00. The van der Waals surface area contributed by atoms with E-state index in [1.165, 1.54) is 7.05 Å². The third-order valence-corrected chi connectivity index (χ3v) is 0. The molecule has 0 radical (unpaired) electrons. The van der Waals surface area contributed by atoms with Gasteiger partial charge in [0.25, 0.3) is 0 Å². The van der Waals surface area contributed by atoms with Gasteiger partial charge in [-0.15, -0.1) is 0 Å². The highest BCUT2D eigenvalue weighted by Crippen LogP contribution is 1.14. The minimum atomic E-state index is 0. The van der Waals surface area contributed by atoms with Crippen molar-refractivity contribution in [2.24, 2.45) is 5.73 Å². The quantitative estimate of drug-likeness (QED) is 0.458. The molecule has 0 aliphatic rings. The topological polar surface area (TPSA) is 61.0 Å². The smallest absolute Gasteiger partial charge is 0 e. The lowest BCUT2D eigenvalue weighted by atomic mass is 11.0. The highest BCUT2D eigenvalue weighted by atomic mass is 14.4. The zero-order valence-corrected chi connectivity index (χ0v) is 4.28. The molecule has 5 heavy (non-hydrogen) atoms. The largest absolute Gasteiger partial charge is 0.344 e. The van der Waals surface area contributed by atoms with Crippen molar-refractivity contribution in [2.75, 3.05) is 7.05 Å². The van der Waals surface area contributed by atoms with E-state index >= 15 is 0 Å². The van der Waals surface area contributed by atoms with Gasteiger partial charge in [-0.3, -0.25) is 0 Å². The molecular weight excluding hydrogens is 64.0 g/mol. The molecule has 2 heteroatoms. The van der Waals surface area contributed by atoms with Crippen LogP contribution >= 0.6 is 0 Å². The maximum Gasteiger partial charge on any atom is 0 e. The predicted octanol–water partition coefficient (Wildman–Crippen LogP) is 1.01. The minimum absolute atomic E-state index is 0. The molecule has 0 saturated carbocycles. The zero-order valence-electron chi connectivity index (χ0n) is 6.28. The standard InChI is InChI=1S/C2H6.CH5N.H3N.H2/c2*1-2;;/h1-2H3;2H2,1H3;1H3;1H/i;;;1+1D. The van der Waals surface area contributed by atoms with Crippen molar-refractivity contribution >= 4 is 0 Å². The van der Waals surface area contributed by atoms with Gasteiger partial charge >= 0.3 is 0 Å². The fourth-order valence-electron chi connectivity index (χ4n) is 0. The first-order valence-corrected chi connectivity index (χ1v) is 1.58. The summed E-state index contributed by atoms with van der Waals surface area (Å²) in [6.07, 6.45) is 0. The first kappa shape index (κ1) is 8.87. The van der Waals surface area contributed by atoms with Gasteiger partial charge in [0, 0.05) is 2.97 Å². The van der Waals surface area contributed by atoms with E-state index in [9.17, 15) is 0 Å². The summed E-state index contributed by atoms with van der Waals surface area (Å²) >= 11 is 0. The molecule has 0 amide bonds. The van der Waals surface area contributed by atoms with Gasteiger partial charge in [0.05, 0.1) is 0 Å². The average Bonchev–Trinajstić information content (AvgIpc) is 1.81. The first-order valence-electron chi connectivity index (χ1n) is 2.58. The second kappa shape index (κ2) is 5220. The Morgan fingerprint density at radius 1 is 1.40 bits per heavy atom. The molecule has 0 aliphatic heterocycles. The molecule has 38 valence electrons. The molecule has 0 heterocycles. The lowest BCUT2D eigenvalue weighted by Gasteiger charge is -1.19. The SMILES string of the molecule is CC.CN.N.[2H][2H]. The molecule has 0 bridgehead atoms. The van der Waals surface area contributed by atoms with Crippen molar-refractivity contribution in [3.8, 4) is 0 Å². The molecule has 0 aromatic rings. The Hall–Kier alpha value is -0.0800.